The molecule has 0 saturated carbocycles. The van der Waals surface area contributed by atoms with E-state index in [2.05, 4.69) is 10.6 Å². The highest BCUT2D eigenvalue weighted by Crippen LogP contribution is 2.21. The summed E-state index contributed by atoms with van der Waals surface area (Å²) >= 11 is 1.65. The third-order valence-corrected chi connectivity index (χ3v) is 4.88. The van der Waals surface area contributed by atoms with Crippen LogP contribution in [0.4, 0.5) is 11.4 Å². The summed E-state index contributed by atoms with van der Waals surface area (Å²) in [7, 11) is 0. The van der Waals surface area contributed by atoms with E-state index in [1.807, 2.05) is 61.7 Å². The number of hydrogen-bond donors (Lipinski definition) is 2. The second kappa shape index (κ2) is 8.56. The molecule has 0 atom stereocenters. The average molecular weight is 376 g/mol. The molecule has 0 unspecified atom stereocenters. The highest BCUT2D eigenvalue weighted by Gasteiger charge is 2.11. The molecule has 0 aromatic heterocycles. The first kappa shape index (κ1) is 18.7. The molecule has 27 heavy (non-hydrogen) atoms. The van der Waals surface area contributed by atoms with Crippen LogP contribution in [0.2, 0.25) is 0 Å². The number of anilines is 2. The van der Waals surface area contributed by atoms with Crippen molar-refractivity contribution < 1.29 is 9.59 Å². The van der Waals surface area contributed by atoms with Gasteiger partial charge in [-0.3, -0.25) is 9.59 Å². The second-order valence-corrected chi connectivity index (χ2v) is 6.91. The maximum Gasteiger partial charge on any atom is 0.255 e. The third kappa shape index (κ3) is 4.77. The fourth-order valence-corrected chi connectivity index (χ4v) is 2.97. The fraction of sp³-hybridized carbons (Fsp3) is 0.0909. The zero-order chi connectivity index (χ0) is 19.2. The Morgan fingerprint density at radius 3 is 2.11 bits per heavy atom. The standard InChI is InChI=1S/C22H20N2O2S/c1-15-8-9-17(22(26)23-18-10-12-19(27-2)13-11-18)14-20(15)24-21(25)16-6-4-3-5-7-16/h3-14H,1-2H3,(H,23,26)(H,24,25). The van der Waals surface area contributed by atoms with E-state index in [1.54, 1.807) is 36.0 Å². The van der Waals surface area contributed by atoms with Crippen LogP contribution in [-0.4, -0.2) is 18.1 Å². The summed E-state index contributed by atoms with van der Waals surface area (Å²) in [6.07, 6.45) is 2.01. The Morgan fingerprint density at radius 1 is 0.778 bits per heavy atom. The lowest BCUT2D eigenvalue weighted by atomic mass is 10.1. The summed E-state index contributed by atoms with van der Waals surface area (Å²) in [6, 6.07) is 21.9. The molecule has 0 saturated heterocycles. The van der Waals surface area contributed by atoms with E-state index in [1.165, 1.54) is 0 Å². The molecule has 0 radical (unpaired) electrons. The number of thioether (sulfide) groups is 1. The molecule has 0 aliphatic carbocycles. The normalized spacial score (nSPS) is 10.3. The number of nitrogens with one attached hydrogen (secondary N) is 2. The van der Waals surface area contributed by atoms with Crippen molar-refractivity contribution in [3.8, 4) is 0 Å². The van der Waals surface area contributed by atoms with E-state index >= 15 is 0 Å². The Hall–Kier alpha value is -3.05. The van der Waals surface area contributed by atoms with Crippen molar-refractivity contribution in [3.63, 3.8) is 0 Å². The van der Waals surface area contributed by atoms with Crippen molar-refractivity contribution in [3.05, 3.63) is 89.5 Å². The highest BCUT2D eigenvalue weighted by molar-refractivity contribution is 7.98. The molecule has 3 rings (SSSR count). The first-order valence-corrected chi connectivity index (χ1v) is 9.72. The Labute approximate surface area is 163 Å². The largest absolute Gasteiger partial charge is 0.322 e. The van der Waals surface area contributed by atoms with Crippen LogP contribution in [0.5, 0.6) is 0 Å². The number of hydrogen-bond acceptors (Lipinski definition) is 3. The van der Waals surface area contributed by atoms with E-state index in [9.17, 15) is 9.59 Å². The maximum atomic E-state index is 12.6. The lowest BCUT2D eigenvalue weighted by Crippen LogP contribution is -2.15. The van der Waals surface area contributed by atoms with Crippen LogP contribution >= 0.6 is 11.8 Å². The maximum absolute atomic E-state index is 12.6. The van der Waals surface area contributed by atoms with Crippen LogP contribution in [0.25, 0.3) is 0 Å². The highest BCUT2D eigenvalue weighted by atomic mass is 32.2. The topological polar surface area (TPSA) is 58.2 Å². The molecule has 0 fully saturated rings. The van der Waals surface area contributed by atoms with Gasteiger partial charge in [-0.05, 0) is 67.3 Å². The summed E-state index contributed by atoms with van der Waals surface area (Å²) < 4.78 is 0. The van der Waals surface area contributed by atoms with Gasteiger partial charge in [-0.25, -0.2) is 0 Å². The molecule has 3 aromatic carbocycles. The fourth-order valence-electron chi connectivity index (χ4n) is 2.56. The minimum absolute atomic E-state index is 0.205. The SMILES string of the molecule is CSc1ccc(NC(=O)c2ccc(C)c(NC(=O)c3ccccc3)c2)cc1. The number of amides is 2. The zero-order valence-electron chi connectivity index (χ0n) is 15.2. The summed E-state index contributed by atoms with van der Waals surface area (Å²) in [4.78, 5) is 26.1. The van der Waals surface area contributed by atoms with Gasteiger partial charge in [-0.15, -0.1) is 11.8 Å². The van der Waals surface area contributed by atoms with Crippen LogP contribution in [0, 0.1) is 6.92 Å². The van der Waals surface area contributed by atoms with Crippen molar-refractivity contribution in [2.75, 3.05) is 16.9 Å². The lowest BCUT2D eigenvalue weighted by molar-refractivity contribution is 0.101. The first-order chi connectivity index (χ1) is 13.1. The molecule has 4 nitrogen and oxygen atoms in total. The summed E-state index contributed by atoms with van der Waals surface area (Å²) in [5.74, 6) is -0.425. The third-order valence-electron chi connectivity index (χ3n) is 4.13. The van der Waals surface area contributed by atoms with E-state index in [0.29, 0.717) is 16.8 Å². The molecule has 0 aliphatic rings. The van der Waals surface area contributed by atoms with Gasteiger partial charge in [0.05, 0.1) is 0 Å². The van der Waals surface area contributed by atoms with Crippen LogP contribution in [0.1, 0.15) is 26.3 Å². The zero-order valence-corrected chi connectivity index (χ0v) is 16.0. The minimum atomic E-state index is -0.220. The second-order valence-electron chi connectivity index (χ2n) is 6.03. The van der Waals surface area contributed by atoms with E-state index in [4.69, 9.17) is 0 Å². The van der Waals surface area contributed by atoms with E-state index in [0.717, 1.165) is 16.1 Å². The van der Waals surface area contributed by atoms with Crippen molar-refractivity contribution >= 4 is 35.0 Å². The van der Waals surface area contributed by atoms with E-state index < -0.39 is 0 Å². The number of carbonyl (C=O) groups excluding carboxylic acids is 2. The van der Waals surface area contributed by atoms with Gasteiger partial charge < -0.3 is 10.6 Å². The van der Waals surface area contributed by atoms with Gasteiger partial charge in [0.2, 0.25) is 0 Å². The van der Waals surface area contributed by atoms with Crippen LogP contribution in [0.15, 0.2) is 77.7 Å². The number of carbonyl (C=O) groups is 2. The molecule has 0 heterocycles. The smallest absolute Gasteiger partial charge is 0.255 e. The van der Waals surface area contributed by atoms with Crippen LogP contribution in [-0.2, 0) is 0 Å². The predicted molar refractivity (Wildman–Crippen MR) is 112 cm³/mol. The first-order valence-electron chi connectivity index (χ1n) is 8.49. The summed E-state index contributed by atoms with van der Waals surface area (Å²) in [5.41, 5.74) is 3.29. The molecule has 2 N–H and O–H groups in total. The van der Waals surface area contributed by atoms with Gasteiger partial charge in [0.25, 0.3) is 11.8 Å². The Balaban J connectivity index is 1.75. The Morgan fingerprint density at radius 2 is 1.44 bits per heavy atom. The number of benzene rings is 3. The molecular weight excluding hydrogens is 356 g/mol. The molecule has 2 amide bonds. The van der Waals surface area contributed by atoms with Gasteiger partial charge in [-0.2, -0.15) is 0 Å². The Bertz CT molecular complexity index is 954. The van der Waals surface area contributed by atoms with Crippen molar-refractivity contribution in [2.45, 2.75) is 11.8 Å². The van der Waals surface area contributed by atoms with E-state index in [-0.39, 0.29) is 11.8 Å². The molecule has 0 bridgehead atoms. The molecular formula is C22H20N2O2S. The lowest BCUT2D eigenvalue weighted by Gasteiger charge is -2.11. The summed E-state index contributed by atoms with van der Waals surface area (Å²) in [6.45, 7) is 1.89. The van der Waals surface area contributed by atoms with Gasteiger partial charge in [0, 0.05) is 27.4 Å². The van der Waals surface area contributed by atoms with Gasteiger partial charge in [0.1, 0.15) is 0 Å². The van der Waals surface area contributed by atoms with Gasteiger partial charge >= 0.3 is 0 Å². The predicted octanol–water partition coefficient (Wildman–Crippen LogP) is 5.22. The monoisotopic (exact) mass is 376 g/mol. The molecule has 5 heteroatoms. The Kier molecular flexibility index (Phi) is 5.94. The van der Waals surface area contributed by atoms with Crippen molar-refractivity contribution in [1.82, 2.24) is 0 Å². The molecule has 3 aromatic rings. The minimum Gasteiger partial charge on any atom is -0.322 e. The molecule has 136 valence electrons. The van der Waals surface area contributed by atoms with Crippen LogP contribution < -0.4 is 10.6 Å². The number of aryl methyl sites for hydroxylation is 1. The van der Waals surface area contributed by atoms with Gasteiger partial charge in [-0.1, -0.05) is 24.3 Å². The quantitative estimate of drug-likeness (QED) is 0.600. The number of rotatable bonds is 5. The molecule has 0 aliphatic heterocycles. The average Bonchev–Trinajstić information content (AvgIpc) is 2.70. The van der Waals surface area contributed by atoms with Crippen molar-refractivity contribution in [1.29, 1.82) is 0 Å². The summed E-state index contributed by atoms with van der Waals surface area (Å²) in [5, 5.41) is 5.76. The van der Waals surface area contributed by atoms with Crippen LogP contribution in [0.3, 0.4) is 0 Å². The molecule has 0 spiro atoms. The van der Waals surface area contributed by atoms with Gasteiger partial charge in [0.15, 0.2) is 0 Å². The van der Waals surface area contributed by atoms with Crippen molar-refractivity contribution in [2.24, 2.45) is 0 Å².